The highest BCUT2D eigenvalue weighted by Crippen LogP contribution is 2.39. The van der Waals surface area contributed by atoms with Crippen LogP contribution >= 0.6 is 11.8 Å². The highest BCUT2D eigenvalue weighted by molar-refractivity contribution is 8.02. The van der Waals surface area contributed by atoms with Gasteiger partial charge in [-0.25, -0.2) is 9.98 Å². The van der Waals surface area contributed by atoms with Gasteiger partial charge in [0.05, 0.1) is 6.54 Å². The molecule has 0 aliphatic heterocycles. The summed E-state index contributed by atoms with van der Waals surface area (Å²) in [6.45, 7) is 6.40. The van der Waals surface area contributed by atoms with Crippen LogP contribution in [0.15, 0.2) is 158 Å². The van der Waals surface area contributed by atoms with Crippen molar-refractivity contribution in [3.05, 3.63) is 160 Å². The SMILES string of the molecule is C=NC(=NC(=NCC1=CCC(c2ccc(-c3ccccc3/C=C\C=C/C)cc2)C(SC)=C1)C1=CC=CCC1)c1ccccc1. The summed E-state index contributed by atoms with van der Waals surface area (Å²) in [5.41, 5.74) is 8.32. The lowest BCUT2D eigenvalue weighted by molar-refractivity contribution is 0.827. The third kappa shape index (κ3) is 7.89. The van der Waals surface area contributed by atoms with E-state index < -0.39 is 0 Å². The lowest BCUT2D eigenvalue weighted by atomic mass is 9.88. The number of rotatable bonds is 9. The van der Waals surface area contributed by atoms with E-state index in [1.165, 1.54) is 32.7 Å². The minimum absolute atomic E-state index is 0.343. The van der Waals surface area contributed by atoms with Crippen LogP contribution in [0.25, 0.3) is 17.2 Å². The minimum Gasteiger partial charge on any atom is -0.262 e. The molecule has 0 saturated carbocycles. The summed E-state index contributed by atoms with van der Waals surface area (Å²) < 4.78 is 0. The highest BCUT2D eigenvalue weighted by Gasteiger charge is 2.20. The van der Waals surface area contributed by atoms with E-state index in [2.05, 4.69) is 115 Å². The molecule has 0 amide bonds. The molecule has 3 aromatic rings. The van der Waals surface area contributed by atoms with Crippen molar-refractivity contribution in [2.45, 2.75) is 32.1 Å². The molecule has 0 bridgehead atoms. The largest absolute Gasteiger partial charge is 0.262 e. The van der Waals surface area contributed by atoms with Crippen molar-refractivity contribution < 1.29 is 0 Å². The van der Waals surface area contributed by atoms with E-state index in [0.29, 0.717) is 18.3 Å². The number of benzene rings is 3. The van der Waals surface area contributed by atoms with Crippen LogP contribution in [0, 0.1) is 0 Å². The predicted molar refractivity (Wildman–Crippen MR) is 194 cm³/mol. The number of aliphatic imine (C=N–C) groups is 3. The van der Waals surface area contributed by atoms with E-state index in [4.69, 9.17) is 9.98 Å². The Morgan fingerprint density at radius 3 is 2.48 bits per heavy atom. The zero-order valence-corrected chi connectivity index (χ0v) is 26.4. The zero-order valence-electron chi connectivity index (χ0n) is 25.6. The van der Waals surface area contributed by atoms with Crippen LogP contribution in [0.5, 0.6) is 0 Å². The monoisotopic (exact) mass is 593 g/mol. The fraction of sp³-hybridized carbons (Fsp3) is 0.175. The summed E-state index contributed by atoms with van der Waals surface area (Å²) in [5.74, 6) is 1.67. The highest BCUT2D eigenvalue weighted by atomic mass is 32.2. The van der Waals surface area contributed by atoms with Crippen molar-refractivity contribution in [1.82, 2.24) is 0 Å². The van der Waals surface area contributed by atoms with Gasteiger partial charge in [-0.15, -0.1) is 11.8 Å². The third-order valence-electron chi connectivity index (χ3n) is 7.79. The van der Waals surface area contributed by atoms with E-state index in [1.807, 2.05) is 55.1 Å². The number of allylic oxidation sites excluding steroid dienone is 8. The lowest BCUT2D eigenvalue weighted by Gasteiger charge is -2.23. The van der Waals surface area contributed by atoms with Gasteiger partial charge in [-0.3, -0.25) is 4.99 Å². The van der Waals surface area contributed by atoms with Crippen LogP contribution in [0.1, 0.15) is 48.8 Å². The van der Waals surface area contributed by atoms with Gasteiger partial charge >= 0.3 is 0 Å². The summed E-state index contributed by atoms with van der Waals surface area (Å²) in [4.78, 5) is 15.6. The van der Waals surface area contributed by atoms with Gasteiger partial charge in [0.2, 0.25) is 0 Å². The molecule has 3 aromatic carbocycles. The van der Waals surface area contributed by atoms with Crippen molar-refractivity contribution in [1.29, 1.82) is 0 Å². The molecule has 5 rings (SSSR count). The first-order valence-corrected chi connectivity index (χ1v) is 16.4. The standard InChI is InChI=1S/C40H39N3S/c1-4-5-8-15-31-16-13-14-21-36(31)32-23-25-33(26-24-32)37-27-22-30(28-38(37)44-3)29-42-40(35-19-11-7-12-20-35)43-39(41-2)34-17-9-6-10-18-34/h4-11,13-19,21-26,28,37H,2,12,20,27,29H2,1,3H3/b5-4-,15-8-,42-40?,43-39?. The van der Waals surface area contributed by atoms with Gasteiger partial charge in [0.1, 0.15) is 0 Å². The number of amidine groups is 2. The van der Waals surface area contributed by atoms with Crippen LogP contribution in [0.3, 0.4) is 0 Å². The molecule has 4 heteroatoms. The maximum absolute atomic E-state index is 5.04. The van der Waals surface area contributed by atoms with Gasteiger partial charge in [0.15, 0.2) is 11.7 Å². The van der Waals surface area contributed by atoms with Crippen LogP contribution < -0.4 is 0 Å². The van der Waals surface area contributed by atoms with Crippen molar-refractivity contribution >= 4 is 36.2 Å². The Hall–Kier alpha value is -4.54. The summed E-state index contributed by atoms with van der Waals surface area (Å²) >= 11 is 1.83. The normalized spacial score (nSPS) is 17.5. The Bertz CT molecular complexity index is 1700. The molecule has 0 fully saturated rings. The van der Waals surface area contributed by atoms with Gasteiger partial charge in [0.25, 0.3) is 0 Å². The summed E-state index contributed by atoms with van der Waals surface area (Å²) in [6, 6.07) is 27.6. The molecule has 2 aliphatic carbocycles. The summed E-state index contributed by atoms with van der Waals surface area (Å²) in [6.07, 6.45) is 24.4. The minimum atomic E-state index is 0.343. The van der Waals surface area contributed by atoms with E-state index in [9.17, 15) is 0 Å². The molecule has 0 N–H and O–H groups in total. The van der Waals surface area contributed by atoms with Crippen molar-refractivity contribution in [3.8, 4) is 11.1 Å². The van der Waals surface area contributed by atoms with Crippen molar-refractivity contribution in [2.24, 2.45) is 15.0 Å². The van der Waals surface area contributed by atoms with Crippen LogP contribution in [0.4, 0.5) is 0 Å². The Morgan fingerprint density at radius 2 is 1.75 bits per heavy atom. The average Bonchev–Trinajstić information content (AvgIpc) is 3.09. The molecular weight excluding hydrogens is 555 g/mol. The van der Waals surface area contributed by atoms with E-state index in [-0.39, 0.29) is 0 Å². The van der Waals surface area contributed by atoms with Crippen molar-refractivity contribution in [2.75, 3.05) is 12.8 Å². The molecule has 0 aromatic heterocycles. The zero-order chi connectivity index (χ0) is 30.6. The number of hydrogen-bond donors (Lipinski definition) is 0. The number of hydrogen-bond acceptors (Lipinski definition) is 2. The molecule has 1 atom stereocenters. The second-order valence-electron chi connectivity index (χ2n) is 10.7. The molecule has 0 spiro atoms. The Morgan fingerprint density at radius 1 is 0.955 bits per heavy atom. The van der Waals surface area contributed by atoms with Gasteiger partial charge in [-0.2, -0.15) is 0 Å². The fourth-order valence-electron chi connectivity index (χ4n) is 5.45. The Balaban J connectivity index is 1.36. The quantitative estimate of drug-likeness (QED) is 0.138. The molecule has 220 valence electrons. The van der Waals surface area contributed by atoms with Gasteiger partial charge in [0, 0.05) is 11.5 Å². The van der Waals surface area contributed by atoms with Crippen LogP contribution in [-0.2, 0) is 0 Å². The number of thioether (sulfide) groups is 1. The maximum Gasteiger partial charge on any atom is 0.160 e. The topological polar surface area (TPSA) is 37.1 Å². The first-order chi connectivity index (χ1) is 21.7. The second-order valence-corrected chi connectivity index (χ2v) is 11.6. The van der Waals surface area contributed by atoms with E-state index in [0.717, 1.165) is 36.2 Å². The van der Waals surface area contributed by atoms with Crippen LogP contribution in [-0.4, -0.2) is 31.2 Å². The summed E-state index contributed by atoms with van der Waals surface area (Å²) in [5, 5.41) is 0. The molecule has 0 saturated heterocycles. The van der Waals surface area contributed by atoms with Gasteiger partial charge in [-0.05, 0) is 83.5 Å². The fourth-order valence-corrected chi connectivity index (χ4v) is 6.24. The molecule has 1 unspecified atom stereocenters. The van der Waals surface area contributed by atoms with Crippen molar-refractivity contribution in [3.63, 3.8) is 0 Å². The first kappa shape index (κ1) is 30.9. The van der Waals surface area contributed by atoms with E-state index >= 15 is 0 Å². The van der Waals surface area contributed by atoms with Gasteiger partial charge < -0.3 is 0 Å². The average molecular weight is 594 g/mol. The Labute approximate surface area is 266 Å². The molecule has 0 heterocycles. The maximum atomic E-state index is 5.04. The molecular formula is C40H39N3S. The third-order valence-corrected chi connectivity index (χ3v) is 8.67. The lowest BCUT2D eigenvalue weighted by Crippen LogP contribution is -2.10. The molecule has 2 aliphatic rings. The molecule has 0 radical (unpaired) electrons. The summed E-state index contributed by atoms with van der Waals surface area (Å²) in [7, 11) is 0. The molecule has 3 nitrogen and oxygen atoms in total. The number of nitrogens with zero attached hydrogens (tertiary/aromatic N) is 3. The van der Waals surface area contributed by atoms with E-state index in [1.54, 1.807) is 0 Å². The molecule has 44 heavy (non-hydrogen) atoms. The van der Waals surface area contributed by atoms with Crippen LogP contribution in [0.2, 0.25) is 0 Å². The first-order valence-electron chi connectivity index (χ1n) is 15.1. The van der Waals surface area contributed by atoms with Gasteiger partial charge in [-0.1, -0.05) is 127 Å². The smallest absolute Gasteiger partial charge is 0.160 e. The Kier molecular flexibility index (Phi) is 11.1. The second kappa shape index (κ2) is 15.8. The predicted octanol–water partition coefficient (Wildman–Crippen LogP) is 10.4.